The standard InChI is InChI=1S/C14H15N5O2S/c1-2-10(8-18-4-3-15-9-18)16-13(21)11-7-12(20)17-14-19(11)5-6-22-14/h3-7,9-10H,2,8H2,1H3,(H,16,21). The molecule has 7 nitrogen and oxygen atoms in total. The van der Waals surface area contributed by atoms with Gasteiger partial charge >= 0.3 is 0 Å². The Balaban J connectivity index is 1.83. The first-order chi connectivity index (χ1) is 10.7. The number of thiazole rings is 1. The second kappa shape index (κ2) is 6.10. The van der Waals surface area contributed by atoms with Gasteiger partial charge in [-0.1, -0.05) is 6.92 Å². The average molecular weight is 317 g/mol. The van der Waals surface area contributed by atoms with Crippen LogP contribution in [0.15, 0.2) is 41.2 Å². The molecule has 8 heteroatoms. The van der Waals surface area contributed by atoms with E-state index in [2.05, 4.69) is 15.3 Å². The van der Waals surface area contributed by atoms with E-state index >= 15 is 0 Å². The number of imidazole rings is 1. The van der Waals surface area contributed by atoms with E-state index in [0.29, 0.717) is 17.2 Å². The largest absolute Gasteiger partial charge is 0.346 e. The molecule has 1 unspecified atom stereocenters. The van der Waals surface area contributed by atoms with E-state index < -0.39 is 5.56 Å². The third-order valence-corrected chi connectivity index (χ3v) is 4.12. The summed E-state index contributed by atoms with van der Waals surface area (Å²) < 4.78 is 3.54. The number of hydrogen-bond donors (Lipinski definition) is 1. The van der Waals surface area contributed by atoms with Gasteiger partial charge in [0, 0.05) is 42.6 Å². The van der Waals surface area contributed by atoms with Crippen LogP contribution in [0.2, 0.25) is 0 Å². The van der Waals surface area contributed by atoms with Crippen molar-refractivity contribution in [2.75, 3.05) is 0 Å². The summed E-state index contributed by atoms with van der Waals surface area (Å²) in [6.07, 6.45) is 7.77. The zero-order valence-corrected chi connectivity index (χ0v) is 12.8. The SMILES string of the molecule is CCC(Cn1ccnc1)NC(=O)c1cc(=O)nc2sccn12. The molecule has 0 saturated heterocycles. The molecule has 0 saturated carbocycles. The van der Waals surface area contributed by atoms with E-state index in [4.69, 9.17) is 0 Å². The van der Waals surface area contributed by atoms with Gasteiger partial charge in [0.1, 0.15) is 5.69 Å². The smallest absolute Gasteiger partial charge is 0.274 e. The van der Waals surface area contributed by atoms with Crippen LogP contribution in [0, 0.1) is 0 Å². The van der Waals surface area contributed by atoms with Crippen molar-refractivity contribution < 1.29 is 4.79 Å². The van der Waals surface area contributed by atoms with Crippen LogP contribution in [0.1, 0.15) is 23.8 Å². The van der Waals surface area contributed by atoms with Crippen LogP contribution in [-0.4, -0.2) is 30.9 Å². The summed E-state index contributed by atoms with van der Waals surface area (Å²) in [7, 11) is 0. The molecular formula is C14H15N5O2S. The van der Waals surface area contributed by atoms with Crippen LogP contribution >= 0.6 is 11.3 Å². The van der Waals surface area contributed by atoms with E-state index in [1.54, 1.807) is 28.5 Å². The molecule has 0 spiro atoms. The van der Waals surface area contributed by atoms with E-state index in [1.807, 2.05) is 17.7 Å². The second-order valence-corrected chi connectivity index (χ2v) is 5.75. The fourth-order valence-corrected chi connectivity index (χ4v) is 2.93. The minimum Gasteiger partial charge on any atom is -0.346 e. The number of carbonyl (C=O) groups excluding carboxylic acids is 1. The Morgan fingerprint density at radius 1 is 1.45 bits per heavy atom. The molecule has 0 fully saturated rings. The molecule has 114 valence electrons. The fraction of sp³-hybridized carbons (Fsp3) is 0.286. The van der Waals surface area contributed by atoms with Crippen LogP contribution in [0.5, 0.6) is 0 Å². The van der Waals surface area contributed by atoms with E-state index in [0.717, 1.165) is 6.42 Å². The van der Waals surface area contributed by atoms with Crippen LogP contribution in [0.3, 0.4) is 0 Å². The van der Waals surface area contributed by atoms with Gasteiger partial charge in [0.15, 0.2) is 4.96 Å². The first-order valence-corrected chi connectivity index (χ1v) is 7.79. The number of amides is 1. The maximum atomic E-state index is 12.5. The van der Waals surface area contributed by atoms with E-state index in [1.165, 1.54) is 17.4 Å². The van der Waals surface area contributed by atoms with Gasteiger partial charge in [0.25, 0.3) is 11.5 Å². The van der Waals surface area contributed by atoms with Crippen LogP contribution in [0.25, 0.3) is 4.96 Å². The lowest BCUT2D eigenvalue weighted by Gasteiger charge is -2.17. The molecule has 22 heavy (non-hydrogen) atoms. The lowest BCUT2D eigenvalue weighted by Crippen LogP contribution is -2.38. The molecule has 0 radical (unpaired) electrons. The molecule has 1 atom stereocenters. The highest BCUT2D eigenvalue weighted by atomic mass is 32.1. The number of aromatic nitrogens is 4. The second-order valence-electron chi connectivity index (χ2n) is 4.87. The summed E-state index contributed by atoms with van der Waals surface area (Å²) in [5.41, 5.74) is -0.101. The first-order valence-electron chi connectivity index (χ1n) is 6.91. The van der Waals surface area contributed by atoms with Gasteiger partial charge in [-0.3, -0.25) is 14.0 Å². The predicted octanol–water partition coefficient (Wildman–Crippen LogP) is 1.16. The molecule has 3 rings (SSSR count). The monoisotopic (exact) mass is 317 g/mol. The van der Waals surface area contributed by atoms with E-state index in [-0.39, 0.29) is 11.9 Å². The number of rotatable bonds is 5. The van der Waals surface area contributed by atoms with Crippen molar-refractivity contribution in [2.24, 2.45) is 0 Å². The molecule has 0 aliphatic heterocycles. The molecule has 3 aromatic rings. The minimum absolute atomic E-state index is 0.0424. The van der Waals surface area contributed by atoms with Crippen molar-refractivity contribution in [3.63, 3.8) is 0 Å². The topological polar surface area (TPSA) is 81.3 Å². The Morgan fingerprint density at radius 2 is 2.32 bits per heavy atom. The van der Waals surface area contributed by atoms with Crippen molar-refractivity contribution in [1.29, 1.82) is 0 Å². The van der Waals surface area contributed by atoms with E-state index in [9.17, 15) is 9.59 Å². The van der Waals surface area contributed by atoms with Crippen molar-refractivity contribution in [3.8, 4) is 0 Å². The Bertz CT molecular complexity index is 836. The molecule has 0 aromatic carbocycles. The van der Waals surface area contributed by atoms with Crippen molar-refractivity contribution in [1.82, 2.24) is 24.3 Å². The summed E-state index contributed by atoms with van der Waals surface area (Å²) in [6.45, 7) is 2.63. The van der Waals surface area contributed by atoms with Gasteiger partial charge in [0.05, 0.1) is 6.33 Å². The van der Waals surface area contributed by atoms with Gasteiger partial charge in [-0.05, 0) is 6.42 Å². The Kier molecular flexibility index (Phi) is 4.01. The summed E-state index contributed by atoms with van der Waals surface area (Å²) in [5, 5.41) is 4.75. The van der Waals surface area contributed by atoms with Crippen LogP contribution < -0.4 is 10.9 Å². The number of nitrogens with zero attached hydrogens (tertiary/aromatic N) is 4. The Morgan fingerprint density at radius 3 is 3.05 bits per heavy atom. The van der Waals surface area contributed by atoms with Crippen molar-refractivity contribution in [3.05, 3.63) is 52.4 Å². The zero-order chi connectivity index (χ0) is 15.5. The third-order valence-electron chi connectivity index (χ3n) is 3.37. The highest BCUT2D eigenvalue weighted by Crippen LogP contribution is 2.10. The highest BCUT2D eigenvalue weighted by Gasteiger charge is 2.16. The minimum atomic E-state index is -0.407. The Hall–Kier alpha value is -2.48. The normalized spacial score (nSPS) is 12.4. The fourth-order valence-electron chi connectivity index (χ4n) is 2.21. The molecule has 1 amide bonds. The average Bonchev–Trinajstić information content (AvgIpc) is 3.16. The van der Waals surface area contributed by atoms with Crippen LogP contribution in [0.4, 0.5) is 0 Å². The Labute approximate surface area is 130 Å². The number of fused-ring (bicyclic) bond motifs is 1. The first kappa shape index (κ1) is 14.5. The molecule has 0 aliphatic rings. The molecule has 0 bridgehead atoms. The quantitative estimate of drug-likeness (QED) is 0.765. The summed E-state index contributed by atoms with van der Waals surface area (Å²) in [5.74, 6) is -0.278. The number of hydrogen-bond acceptors (Lipinski definition) is 5. The van der Waals surface area contributed by atoms with Gasteiger partial charge in [-0.15, -0.1) is 11.3 Å². The van der Waals surface area contributed by atoms with Gasteiger partial charge in [-0.2, -0.15) is 4.98 Å². The maximum absolute atomic E-state index is 12.5. The summed E-state index contributed by atoms with van der Waals surface area (Å²) >= 11 is 1.32. The van der Waals surface area contributed by atoms with Crippen molar-refractivity contribution in [2.45, 2.75) is 25.9 Å². The highest BCUT2D eigenvalue weighted by molar-refractivity contribution is 7.15. The summed E-state index contributed by atoms with van der Waals surface area (Å²) in [4.78, 5) is 32.5. The lowest BCUT2D eigenvalue weighted by molar-refractivity contribution is 0.0925. The molecule has 3 aromatic heterocycles. The van der Waals surface area contributed by atoms with Gasteiger partial charge < -0.3 is 9.88 Å². The molecule has 1 N–H and O–H groups in total. The molecular weight excluding hydrogens is 302 g/mol. The van der Waals surface area contributed by atoms with Crippen LogP contribution in [-0.2, 0) is 6.54 Å². The van der Waals surface area contributed by atoms with Crippen molar-refractivity contribution >= 4 is 22.2 Å². The predicted molar refractivity (Wildman–Crippen MR) is 83.1 cm³/mol. The third kappa shape index (κ3) is 2.91. The van der Waals surface area contributed by atoms with Gasteiger partial charge in [-0.25, -0.2) is 4.98 Å². The maximum Gasteiger partial charge on any atom is 0.274 e. The number of carbonyl (C=O) groups is 1. The number of nitrogens with one attached hydrogen (secondary N) is 1. The zero-order valence-electron chi connectivity index (χ0n) is 12.0. The molecule has 0 aliphatic carbocycles. The van der Waals surface area contributed by atoms with Gasteiger partial charge in [0.2, 0.25) is 0 Å². The molecule has 3 heterocycles. The summed E-state index contributed by atoms with van der Waals surface area (Å²) in [6, 6.07) is 1.22. The lowest BCUT2D eigenvalue weighted by atomic mass is 10.2.